The SMILES string of the molecule is C=CCOC(=O)C1=C(C)Nc2c(c(=O)n(C)c(=O)n2C)[C@@H]1c1cccc(Br)c1. The highest BCUT2D eigenvalue weighted by Gasteiger charge is 2.37. The van der Waals surface area contributed by atoms with Gasteiger partial charge < -0.3 is 10.1 Å². The Morgan fingerprint density at radius 2 is 2.04 bits per heavy atom. The molecule has 0 amide bonds. The Hall–Kier alpha value is -2.87. The smallest absolute Gasteiger partial charge is 0.337 e. The lowest BCUT2D eigenvalue weighted by Gasteiger charge is -2.30. The zero-order valence-corrected chi connectivity index (χ0v) is 17.4. The zero-order chi connectivity index (χ0) is 20.6. The number of rotatable bonds is 4. The Morgan fingerprint density at radius 1 is 1.32 bits per heavy atom. The van der Waals surface area contributed by atoms with Crippen molar-refractivity contribution in [2.75, 3.05) is 11.9 Å². The van der Waals surface area contributed by atoms with Gasteiger partial charge in [-0.3, -0.25) is 13.9 Å². The lowest BCUT2D eigenvalue weighted by atomic mass is 9.82. The van der Waals surface area contributed by atoms with Crippen LogP contribution in [0.4, 0.5) is 5.82 Å². The second-order valence-corrected chi connectivity index (χ2v) is 7.42. The van der Waals surface area contributed by atoms with E-state index in [4.69, 9.17) is 4.74 Å². The van der Waals surface area contributed by atoms with Gasteiger partial charge >= 0.3 is 11.7 Å². The van der Waals surface area contributed by atoms with E-state index in [1.54, 1.807) is 14.0 Å². The summed E-state index contributed by atoms with van der Waals surface area (Å²) in [6.07, 6.45) is 1.48. The van der Waals surface area contributed by atoms with Gasteiger partial charge in [-0.25, -0.2) is 9.59 Å². The van der Waals surface area contributed by atoms with E-state index >= 15 is 0 Å². The molecule has 2 aromatic rings. The summed E-state index contributed by atoms with van der Waals surface area (Å²) in [6, 6.07) is 7.37. The number of benzene rings is 1. The lowest BCUT2D eigenvalue weighted by Crippen LogP contribution is -2.43. The molecular weight excluding hydrogens is 426 g/mol. The summed E-state index contributed by atoms with van der Waals surface area (Å²) >= 11 is 3.44. The van der Waals surface area contributed by atoms with Gasteiger partial charge in [0.05, 0.1) is 17.1 Å². The summed E-state index contributed by atoms with van der Waals surface area (Å²) in [5, 5.41) is 3.05. The van der Waals surface area contributed by atoms with Crippen LogP contribution in [-0.4, -0.2) is 21.7 Å². The molecule has 1 aromatic carbocycles. The molecule has 0 fully saturated rings. The van der Waals surface area contributed by atoms with E-state index in [0.29, 0.717) is 22.7 Å². The summed E-state index contributed by atoms with van der Waals surface area (Å²) in [7, 11) is 3.00. The zero-order valence-electron chi connectivity index (χ0n) is 15.8. The van der Waals surface area contributed by atoms with Gasteiger partial charge in [0.25, 0.3) is 5.56 Å². The van der Waals surface area contributed by atoms with E-state index < -0.39 is 23.1 Å². The number of aromatic nitrogens is 2. The Kier molecular flexibility index (Phi) is 5.42. The van der Waals surface area contributed by atoms with Gasteiger partial charge in [-0.1, -0.05) is 40.7 Å². The number of carbonyl (C=O) groups excluding carboxylic acids is 1. The van der Waals surface area contributed by atoms with Crippen molar-refractivity contribution in [2.24, 2.45) is 14.1 Å². The van der Waals surface area contributed by atoms with Gasteiger partial charge in [-0.05, 0) is 24.6 Å². The molecule has 7 nitrogen and oxygen atoms in total. The monoisotopic (exact) mass is 445 g/mol. The highest BCUT2D eigenvalue weighted by atomic mass is 79.9. The Morgan fingerprint density at radius 3 is 2.68 bits per heavy atom. The third-order valence-electron chi connectivity index (χ3n) is 4.72. The van der Waals surface area contributed by atoms with Crippen LogP contribution >= 0.6 is 15.9 Å². The second kappa shape index (κ2) is 7.63. The van der Waals surface area contributed by atoms with Gasteiger partial charge in [0.15, 0.2) is 0 Å². The van der Waals surface area contributed by atoms with Gasteiger partial charge in [-0.2, -0.15) is 0 Å². The molecule has 3 rings (SSSR count). The van der Waals surface area contributed by atoms with Crippen molar-refractivity contribution in [2.45, 2.75) is 12.8 Å². The average Bonchev–Trinajstić information content (AvgIpc) is 2.67. The van der Waals surface area contributed by atoms with Crippen LogP contribution in [0.2, 0.25) is 0 Å². The normalized spacial score (nSPS) is 15.6. The molecule has 0 bridgehead atoms. The quantitative estimate of drug-likeness (QED) is 0.576. The van der Waals surface area contributed by atoms with E-state index in [-0.39, 0.29) is 6.61 Å². The number of ether oxygens (including phenoxy) is 1. The van der Waals surface area contributed by atoms with Crippen molar-refractivity contribution in [3.8, 4) is 0 Å². The van der Waals surface area contributed by atoms with E-state index in [9.17, 15) is 14.4 Å². The number of fused-ring (bicyclic) bond motifs is 1. The van der Waals surface area contributed by atoms with E-state index in [0.717, 1.165) is 14.6 Å². The summed E-state index contributed by atoms with van der Waals surface area (Å²) in [5.74, 6) is -0.858. The van der Waals surface area contributed by atoms with Crippen molar-refractivity contribution in [1.29, 1.82) is 0 Å². The van der Waals surface area contributed by atoms with E-state index in [2.05, 4.69) is 27.8 Å². The van der Waals surface area contributed by atoms with Crippen LogP contribution in [0.25, 0.3) is 0 Å². The number of esters is 1. The Bertz CT molecular complexity index is 1130. The molecule has 0 saturated carbocycles. The first kappa shape index (κ1) is 19.9. The molecule has 146 valence electrons. The van der Waals surface area contributed by atoms with Crippen molar-refractivity contribution >= 4 is 27.7 Å². The molecule has 0 aliphatic carbocycles. The molecule has 1 aliphatic rings. The largest absolute Gasteiger partial charge is 0.458 e. The lowest BCUT2D eigenvalue weighted by molar-refractivity contribution is -0.138. The summed E-state index contributed by atoms with van der Waals surface area (Å²) in [6.45, 7) is 5.34. The molecule has 8 heteroatoms. The number of allylic oxidation sites excluding steroid dienone is 1. The first-order valence-electron chi connectivity index (χ1n) is 8.59. The maximum absolute atomic E-state index is 13.1. The standard InChI is InChI=1S/C20H20BrN3O4/c1-5-9-28-19(26)14-11(2)22-17-16(18(25)24(4)20(27)23(17)3)15(14)12-7-6-8-13(21)10-12/h5-8,10,15,22H,1,9H2,2-4H3/t15-/m1/s1. The molecule has 2 heterocycles. The number of anilines is 1. The molecule has 0 saturated heterocycles. The number of nitrogens with zero attached hydrogens (tertiary/aromatic N) is 2. The highest BCUT2D eigenvalue weighted by Crippen LogP contribution is 2.40. The molecular formula is C20H20BrN3O4. The first-order valence-corrected chi connectivity index (χ1v) is 9.38. The van der Waals surface area contributed by atoms with E-state index in [1.807, 2.05) is 24.3 Å². The molecule has 0 spiro atoms. The molecule has 1 N–H and O–H groups in total. The van der Waals surface area contributed by atoms with Crippen LogP contribution in [0.3, 0.4) is 0 Å². The fourth-order valence-electron chi connectivity index (χ4n) is 3.39. The number of carbonyl (C=O) groups is 1. The van der Waals surface area contributed by atoms with E-state index in [1.165, 1.54) is 17.7 Å². The highest BCUT2D eigenvalue weighted by molar-refractivity contribution is 9.10. The second-order valence-electron chi connectivity index (χ2n) is 6.51. The topological polar surface area (TPSA) is 82.3 Å². The van der Waals surface area contributed by atoms with Gasteiger partial charge in [-0.15, -0.1) is 0 Å². The number of nitrogens with one attached hydrogen (secondary N) is 1. The minimum absolute atomic E-state index is 0.0545. The molecule has 28 heavy (non-hydrogen) atoms. The number of halogens is 1. The van der Waals surface area contributed by atoms with Gasteiger partial charge in [0.1, 0.15) is 12.4 Å². The van der Waals surface area contributed by atoms with Crippen molar-refractivity contribution in [3.63, 3.8) is 0 Å². The minimum atomic E-state index is -0.684. The molecule has 0 unspecified atom stereocenters. The van der Waals surface area contributed by atoms with Crippen LogP contribution in [-0.2, 0) is 23.6 Å². The average molecular weight is 446 g/mol. The van der Waals surface area contributed by atoms with Gasteiger partial charge in [0.2, 0.25) is 0 Å². The van der Waals surface area contributed by atoms with Crippen LogP contribution < -0.4 is 16.6 Å². The number of hydrogen-bond acceptors (Lipinski definition) is 5. The third-order valence-corrected chi connectivity index (χ3v) is 5.21. The van der Waals surface area contributed by atoms with Crippen LogP contribution in [0, 0.1) is 0 Å². The molecule has 0 radical (unpaired) electrons. The van der Waals surface area contributed by atoms with Crippen LogP contribution in [0.15, 0.2) is 62.3 Å². The predicted octanol–water partition coefficient (Wildman–Crippen LogP) is 2.41. The van der Waals surface area contributed by atoms with Crippen molar-refractivity contribution in [1.82, 2.24) is 9.13 Å². The van der Waals surface area contributed by atoms with Crippen LogP contribution in [0.1, 0.15) is 24.0 Å². The third kappa shape index (κ3) is 3.24. The summed E-state index contributed by atoms with van der Waals surface area (Å²) < 4.78 is 8.50. The molecule has 1 atom stereocenters. The molecule has 1 aliphatic heterocycles. The maximum Gasteiger partial charge on any atom is 0.337 e. The summed E-state index contributed by atoms with van der Waals surface area (Å²) in [4.78, 5) is 38.3. The minimum Gasteiger partial charge on any atom is -0.458 e. The molecule has 1 aromatic heterocycles. The summed E-state index contributed by atoms with van der Waals surface area (Å²) in [5.41, 5.74) is 0.987. The van der Waals surface area contributed by atoms with Gasteiger partial charge in [0, 0.05) is 24.3 Å². The maximum atomic E-state index is 13.1. The Balaban J connectivity index is 2.35. The van der Waals surface area contributed by atoms with Crippen LogP contribution in [0.5, 0.6) is 0 Å². The predicted molar refractivity (Wildman–Crippen MR) is 110 cm³/mol. The first-order chi connectivity index (χ1) is 13.3. The Labute approximate surface area is 170 Å². The van der Waals surface area contributed by atoms with Crippen molar-refractivity contribution in [3.05, 3.63) is 84.6 Å². The fraction of sp³-hybridized carbons (Fsp3) is 0.250. The van der Waals surface area contributed by atoms with Crippen molar-refractivity contribution < 1.29 is 9.53 Å². The fourth-order valence-corrected chi connectivity index (χ4v) is 3.81. The number of hydrogen-bond donors (Lipinski definition) is 1.